The third kappa shape index (κ3) is 2.14. The molecule has 2 N–H and O–H groups in total. The summed E-state index contributed by atoms with van der Waals surface area (Å²) in [5.74, 6) is 0. The molecule has 0 saturated heterocycles. The molecule has 4 aromatic rings. The fraction of sp³-hybridized carbons (Fsp3) is 0.0714. The average molecular weight is 314 g/mol. The van der Waals surface area contributed by atoms with Crippen molar-refractivity contribution >= 4 is 50.1 Å². The number of aryl methyl sites for hydroxylation is 1. The highest BCUT2D eigenvalue weighted by Gasteiger charge is 2.13. The van der Waals surface area contributed by atoms with Crippen molar-refractivity contribution in [2.75, 3.05) is 5.73 Å². The van der Waals surface area contributed by atoms with Crippen molar-refractivity contribution in [3.63, 3.8) is 0 Å². The molecule has 1 aromatic carbocycles. The number of benzene rings is 1. The molecule has 0 amide bonds. The Morgan fingerprint density at radius 1 is 1.29 bits per heavy atom. The van der Waals surface area contributed by atoms with E-state index in [1.54, 1.807) is 23.7 Å². The molecule has 0 aliphatic carbocycles. The number of hydrogen-bond acceptors (Lipinski definition) is 7. The lowest BCUT2D eigenvalue weighted by atomic mass is 10.3. The van der Waals surface area contributed by atoms with Gasteiger partial charge in [-0.15, -0.1) is 11.3 Å². The molecule has 21 heavy (non-hydrogen) atoms. The standard InChI is InChI=1S/C14H10N4OS2/c1-7-5-20-12-11(7)16-6-17-13(12)21-14-18-9-3-2-8(15)4-10(9)19-14/h2-6H,15H2,1H3. The molecule has 7 heteroatoms. The van der Waals surface area contributed by atoms with E-state index in [1.165, 1.54) is 11.8 Å². The Hall–Kier alpha value is -2.12. The zero-order chi connectivity index (χ0) is 14.4. The topological polar surface area (TPSA) is 77.8 Å². The monoisotopic (exact) mass is 314 g/mol. The maximum absolute atomic E-state index is 5.75. The van der Waals surface area contributed by atoms with E-state index in [2.05, 4.69) is 20.3 Å². The third-order valence-electron chi connectivity index (χ3n) is 3.08. The van der Waals surface area contributed by atoms with Crippen LogP contribution in [0, 0.1) is 6.92 Å². The van der Waals surface area contributed by atoms with Gasteiger partial charge in [0.25, 0.3) is 5.22 Å². The van der Waals surface area contributed by atoms with E-state index in [0.29, 0.717) is 16.5 Å². The van der Waals surface area contributed by atoms with E-state index in [1.807, 2.05) is 19.1 Å². The molecular weight excluding hydrogens is 304 g/mol. The Balaban J connectivity index is 1.79. The smallest absolute Gasteiger partial charge is 0.263 e. The second kappa shape index (κ2) is 4.71. The third-order valence-corrected chi connectivity index (χ3v) is 5.15. The Morgan fingerprint density at radius 3 is 3.10 bits per heavy atom. The Morgan fingerprint density at radius 2 is 2.19 bits per heavy atom. The lowest BCUT2D eigenvalue weighted by Crippen LogP contribution is -1.84. The molecule has 0 aliphatic heterocycles. The minimum absolute atomic E-state index is 0.557. The van der Waals surface area contributed by atoms with Gasteiger partial charge in [0, 0.05) is 11.8 Å². The summed E-state index contributed by atoms with van der Waals surface area (Å²) in [6.07, 6.45) is 1.57. The summed E-state index contributed by atoms with van der Waals surface area (Å²) in [7, 11) is 0. The number of rotatable bonds is 2. The van der Waals surface area contributed by atoms with Gasteiger partial charge >= 0.3 is 0 Å². The zero-order valence-corrected chi connectivity index (χ0v) is 12.7. The molecular formula is C14H10N4OS2. The first-order valence-corrected chi connectivity index (χ1v) is 7.93. The van der Waals surface area contributed by atoms with Gasteiger partial charge in [-0.05, 0) is 41.8 Å². The summed E-state index contributed by atoms with van der Waals surface area (Å²) >= 11 is 3.04. The normalized spacial score (nSPS) is 11.5. The Labute approximate surface area is 128 Å². The number of thiophene rings is 1. The van der Waals surface area contributed by atoms with Crippen LogP contribution in [0.3, 0.4) is 0 Å². The molecule has 3 heterocycles. The van der Waals surface area contributed by atoms with Crippen LogP contribution < -0.4 is 5.73 Å². The molecule has 0 atom stereocenters. The van der Waals surface area contributed by atoms with Gasteiger partial charge in [0.05, 0.1) is 10.2 Å². The predicted octanol–water partition coefficient (Wildman–Crippen LogP) is 3.87. The number of aromatic nitrogens is 3. The van der Waals surface area contributed by atoms with Crippen LogP contribution in [-0.2, 0) is 0 Å². The van der Waals surface area contributed by atoms with Crippen molar-refractivity contribution in [1.29, 1.82) is 0 Å². The summed E-state index contributed by atoms with van der Waals surface area (Å²) in [5, 5.41) is 3.50. The van der Waals surface area contributed by atoms with Gasteiger partial charge in [0.15, 0.2) is 5.58 Å². The first kappa shape index (κ1) is 12.6. The zero-order valence-electron chi connectivity index (χ0n) is 11.0. The molecule has 0 radical (unpaired) electrons. The fourth-order valence-corrected chi connectivity index (χ4v) is 3.95. The van der Waals surface area contributed by atoms with Crippen LogP contribution in [0.15, 0.2) is 44.6 Å². The van der Waals surface area contributed by atoms with Crippen LogP contribution in [0.4, 0.5) is 5.69 Å². The molecule has 0 unspecified atom stereocenters. The molecule has 0 aliphatic rings. The second-order valence-electron chi connectivity index (χ2n) is 4.58. The van der Waals surface area contributed by atoms with Crippen LogP contribution in [0.5, 0.6) is 0 Å². The largest absolute Gasteiger partial charge is 0.431 e. The van der Waals surface area contributed by atoms with Crippen molar-refractivity contribution in [3.05, 3.63) is 35.5 Å². The van der Waals surface area contributed by atoms with E-state index >= 15 is 0 Å². The number of anilines is 1. The number of oxazole rings is 1. The van der Waals surface area contributed by atoms with Crippen LogP contribution in [0.25, 0.3) is 21.3 Å². The average Bonchev–Trinajstić information content (AvgIpc) is 3.03. The summed E-state index contributed by atoms with van der Waals surface area (Å²) in [6.45, 7) is 2.04. The highest BCUT2D eigenvalue weighted by Crippen LogP contribution is 2.36. The van der Waals surface area contributed by atoms with Gasteiger partial charge in [-0.1, -0.05) is 0 Å². The Kier molecular flexibility index (Phi) is 2.83. The number of nitrogen functional groups attached to an aromatic ring is 1. The van der Waals surface area contributed by atoms with Crippen molar-refractivity contribution in [3.8, 4) is 0 Å². The molecule has 0 fully saturated rings. The van der Waals surface area contributed by atoms with Crippen molar-refractivity contribution < 1.29 is 4.42 Å². The SMILES string of the molecule is Cc1csc2c(Sc3nc4ccc(N)cc4o3)ncnc12. The van der Waals surface area contributed by atoms with Crippen LogP contribution in [0.1, 0.15) is 5.56 Å². The second-order valence-corrected chi connectivity index (χ2v) is 6.40. The Bertz CT molecular complexity index is 960. The van der Waals surface area contributed by atoms with E-state index < -0.39 is 0 Å². The summed E-state index contributed by atoms with van der Waals surface area (Å²) in [4.78, 5) is 13.1. The first-order chi connectivity index (χ1) is 10.2. The molecule has 3 aromatic heterocycles. The van der Waals surface area contributed by atoms with Crippen LogP contribution in [-0.4, -0.2) is 15.0 Å². The molecule has 0 saturated carbocycles. The maximum Gasteiger partial charge on any atom is 0.263 e. The van der Waals surface area contributed by atoms with Gasteiger partial charge < -0.3 is 10.2 Å². The van der Waals surface area contributed by atoms with E-state index in [0.717, 1.165) is 26.3 Å². The molecule has 5 nitrogen and oxygen atoms in total. The lowest BCUT2D eigenvalue weighted by molar-refractivity contribution is 0.489. The highest BCUT2D eigenvalue weighted by molar-refractivity contribution is 7.99. The summed E-state index contributed by atoms with van der Waals surface area (Å²) in [5.41, 5.74) is 10.0. The van der Waals surface area contributed by atoms with Crippen LogP contribution in [0.2, 0.25) is 0 Å². The van der Waals surface area contributed by atoms with Crippen molar-refractivity contribution in [1.82, 2.24) is 15.0 Å². The highest BCUT2D eigenvalue weighted by atomic mass is 32.2. The quantitative estimate of drug-likeness (QED) is 0.447. The fourth-order valence-electron chi connectivity index (χ4n) is 2.07. The lowest BCUT2D eigenvalue weighted by Gasteiger charge is -1.97. The van der Waals surface area contributed by atoms with E-state index in [4.69, 9.17) is 10.2 Å². The number of nitrogens with zero attached hydrogens (tertiary/aromatic N) is 3. The van der Waals surface area contributed by atoms with Gasteiger partial charge in [0.1, 0.15) is 16.9 Å². The number of fused-ring (bicyclic) bond motifs is 2. The molecule has 0 bridgehead atoms. The van der Waals surface area contributed by atoms with Crippen molar-refractivity contribution in [2.45, 2.75) is 17.2 Å². The van der Waals surface area contributed by atoms with Gasteiger partial charge in [-0.2, -0.15) is 0 Å². The summed E-state index contributed by atoms with van der Waals surface area (Å²) < 4.78 is 6.78. The minimum Gasteiger partial charge on any atom is -0.431 e. The molecule has 4 rings (SSSR count). The number of hydrogen-bond donors (Lipinski definition) is 1. The van der Waals surface area contributed by atoms with E-state index in [-0.39, 0.29) is 0 Å². The predicted molar refractivity (Wildman–Crippen MR) is 84.7 cm³/mol. The van der Waals surface area contributed by atoms with Crippen LogP contribution >= 0.6 is 23.1 Å². The molecule has 104 valence electrons. The summed E-state index contributed by atoms with van der Waals surface area (Å²) in [6, 6.07) is 5.44. The van der Waals surface area contributed by atoms with E-state index in [9.17, 15) is 0 Å². The van der Waals surface area contributed by atoms with Gasteiger partial charge in [-0.3, -0.25) is 0 Å². The van der Waals surface area contributed by atoms with Gasteiger partial charge in [-0.25, -0.2) is 15.0 Å². The molecule has 0 spiro atoms. The van der Waals surface area contributed by atoms with Crippen molar-refractivity contribution in [2.24, 2.45) is 0 Å². The minimum atomic E-state index is 0.557. The maximum atomic E-state index is 5.75. The first-order valence-electron chi connectivity index (χ1n) is 6.23. The number of nitrogens with two attached hydrogens (primary N) is 1. The van der Waals surface area contributed by atoms with Gasteiger partial charge in [0.2, 0.25) is 0 Å².